The van der Waals surface area contributed by atoms with Crippen LogP contribution in [0.4, 0.5) is 0 Å². The maximum absolute atomic E-state index is 12.1. The maximum Gasteiger partial charge on any atom is 0.254 e. The molecule has 2 rings (SSSR count). The first kappa shape index (κ1) is 11.1. The molecule has 2 N–H and O–H groups in total. The van der Waals surface area contributed by atoms with Crippen molar-refractivity contribution in [3.63, 3.8) is 0 Å². The number of hydrogen-bond acceptors (Lipinski definition) is 2. The van der Waals surface area contributed by atoms with Gasteiger partial charge in [0.1, 0.15) is 0 Å². The van der Waals surface area contributed by atoms with E-state index in [1.54, 1.807) is 0 Å². The van der Waals surface area contributed by atoms with Crippen LogP contribution in [0.25, 0.3) is 0 Å². The van der Waals surface area contributed by atoms with Crippen molar-refractivity contribution in [2.45, 2.75) is 25.8 Å². The largest absolute Gasteiger partial charge is 0.337 e. The van der Waals surface area contributed by atoms with Crippen molar-refractivity contribution in [1.82, 2.24) is 4.90 Å². The predicted octanol–water partition coefficient (Wildman–Crippen LogP) is 1.42. The molecule has 0 bridgehead atoms. The van der Waals surface area contributed by atoms with Gasteiger partial charge in [0.2, 0.25) is 0 Å². The summed E-state index contributed by atoms with van der Waals surface area (Å²) in [5.41, 5.74) is 7.90. The molecule has 0 aromatic heterocycles. The van der Waals surface area contributed by atoms with Gasteiger partial charge in [-0.15, -0.1) is 0 Å². The van der Waals surface area contributed by atoms with E-state index in [4.69, 9.17) is 5.73 Å². The fourth-order valence-corrected chi connectivity index (χ4v) is 2.06. The molecule has 0 radical (unpaired) electrons. The molecule has 1 aromatic carbocycles. The third kappa shape index (κ3) is 2.09. The summed E-state index contributed by atoms with van der Waals surface area (Å²) in [5.74, 6) is 0.130. The number of rotatable bonds is 3. The summed E-state index contributed by atoms with van der Waals surface area (Å²) < 4.78 is 0. The number of nitrogens with zero attached hydrogens (tertiary/aromatic N) is 1. The molecule has 0 aliphatic carbocycles. The Labute approximate surface area is 96.2 Å². The quantitative estimate of drug-likeness (QED) is 0.834. The van der Waals surface area contributed by atoms with Crippen LogP contribution in [0.5, 0.6) is 0 Å². The van der Waals surface area contributed by atoms with Crippen molar-refractivity contribution in [2.24, 2.45) is 5.73 Å². The van der Waals surface area contributed by atoms with E-state index in [1.807, 2.05) is 36.1 Å². The Hall–Kier alpha value is -1.35. The molecule has 1 aliphatic rings. The van der Waals surface area contributed by atoms with Crippen LogP contribution in [0.2, 0.25) is 0 Å². The van der Waals surface area contributed by atoms with Gasteiger partial charge in [-0.1, -0.05) is 25.1 Å². The molecule has 0 fully saturated rings. The molecule has 16 heavy (non-hydrogen) atoms. The highest BCUT2D eigenvalue weighted by atomic mass is 16.2. The summed E-state index contributed by atoms with van der Waals surface area (Å²) in [5, 5.41) is 0. The lowest BCUT2D eigenvalue weighted by atomic mass is 9.98. The van der Waals surface area contributed by atoms with Crippen LogP contribution in [0.15, 0.2) is 24.3 Å². The van der Waals surface area contributed by atoms with Gasteiger partial charge in [-0.25, -0.2) is 0 Å². The van der Waals surface area contributed by atoms with E-state index in [-0.39, 0.29) is 11.9 Å². The lowest BCUT2D eigenvalue weighted by Crippen LogP contribution is -2.44. The minimum atomic E-state index is 0.0919. The zero-order chi connectivity index (χ0) is 11.5. The lowest BCUT2D eigenvalue weighted by Gasteiger charge is -2.30. The van der Waals surface area contributed by atoms with E-state index in [0.717, 1.165) is 30.5 Å². The number of carbonyl (C=O) groups excluding carboxylic acids is 1. The first-order valence-corrected chi connectivity index (χ1v) is 5.85. The van der Waals surface area contributed by atoms with Crippen molar-refractivity contribution in [2.75, 3.05) is 13.1 Å². The fraction of sp³-hybridized carbons (Fsp3) is 0.462. The van der Waals surface area contributed by atoms with Crippen molar-refractivity contribution in [1.29, 1.82) is 0 Å². The molecule has 1 aliphatic heterocycles. The maximum atomic E-state index is 12.1. The van der Waals surface area contributed by atoms with Crippen molar-refractivity contribution in [3.05, 3.63) is 35.4 Å². The number of hydrogen-bond donors (Lipinski definition) is 1. The molecule has 0 saturated heterocycles. The van der Waals surface area contributed by atoms with Gasteiger partial charge in [0.05, 0.1) is 0 Å². The SMILES string of the molecule is CCC(N)CN1CCc2ccccc2C1=O. The second-order valence-corrected chi connectivity index (χ2v) is 4.33. The minimum Gasteiger partial charge on any atom is -0.337 e. The third-order valence-corrected chi connectivity index (χ3v) is 3.17. The Bertz CT molecular complexity index is 389. The first-order valence-electron chi connectivity index (χ1n) is 5.85. The summed E-state index contributed by atoms with van der Waals surface area (Å²) in [7, 11) is 0. The van der Waals surface area contributed by atoms with Gasteiger partial charge in [0, 0.05) is 24.7 Å². The van der Waals surface area contributed by atoms with Gasteiger partial charge in [0.25, 0.3) is 5.91 Å². The van der Waals surface area contributed by atoms with E-state index in [1.165, 1.54) is 0 Å². The molecule has 1 amide bonds. The van der Waals surface area contributed by atoms with E-state index >= 15 is 0 Å². The summed E-state index contributed by atoms with van der Waals surface area (Å²) in [6, 6.07) is 7.93. The summed E-state index contributed by atoms with van der Waals surface area (Å²) in [6.07, 6.45) is 1.85. The van der Waals surface area contributed by atoms with Crippen molar-refractivity contribution in [3.8, 4) is 0 Å². The highest BCUT2D eigenvalue weighted by Gasteiger charge is 2.24. The Morgan fingerprint density at radius 3 is 2.94 bits per heavy atom. The molecule has 3 heteroatoms. The van der Waals surface area contributed by atoms with Gasteiger partial charge in [-0.3, -0.25) is 4.79 Å². The molecular formula is C13H18N2O. The van der Waals surface area contributed by atoms with Crippen LogP contribution in [-0.4, -0.2) is 29.9 Å². The minimum absolute atomic E-state index is 0.0919. The highest BCUT2D eigenvalue weighted by molar-refractivity contribution is 5.96. The standard InChI is InChI=1S/C13H18N2O/c1-2-11(14)9-15-8-7-10-5-3-4-6-12(10)13(15)16/h3-6,11H,2,7-9,14H2,1H3. The molecule has 0 saturated carbocycles. The zero-order valence-corrected chi connectivity index (χ0v) is 9.65. The predicted molar refractivity (Wildman–Crippen MR) is 64.3 cm³/mol. The molecule has 0 spiro atoms. The first-order chi connectivity index (χ1) is 7.72. The molecule has 86 valence electrons. The Kier molecular flexibility index (Phi) is 3.25. The second kappa shape index (κ2) is 4.66. The number of nitrogens with two attached hydrogens (primary N) is 1. The topological polar surface area (TPSA) is 46.3 Å². The second-order valence-electron chi connectivity index (χ2n) is 4.33. The van der Waals surface area contributed by atoms with Crippen LogP contribution in [0.3, 0.4) is 0 Å². The van der Waals surface area contributed by atoms with E-state index < -0.39 is 0 Å². The fourth-order valence-electron chi connectivity index (χ4n) is 2.06. The zero-order valence-electron chi connectivity index (χ0n) is 9.65. The number of benzene rings is 1. The van der Waals surface area contributed by atoms with Crippen molar-refractivity contribution >= 4 is 5.91 Å². The summed E-state index contributed by atoms with van der Waals surface area (Å²) in [4.78, 5) is 14.0. The molecule has 1 heterocycles. The van der Waals surface area contributed by atoms with Gasteiger partial charge in [0.15, 0.2) is 0 Å². The molecule has 1 aromatic rings. The number of amides is 1. The Morgan fingerprint density at radius 2 is 2.19 bits per heavy atom. The van der Waals surface area contributed by atoms with E-state index in [9.17, 15) is 4.79 Å². The summed E-state index contributed by atoms with van der Waals surface area (Å²) in [6.45, 7) is 3.51. The highest BCUT2D eigenvalue weighted by Crippen LogP contribution is 2.18. The Morgan fingerprint density at radius 1 is 1.44 bits per heavy atom. The van der Waals surface area contributed by atoms with Crippen LogP contribution < -0.4 is 5.73 Å². The van der Waals surface area contributed by atoms with Crippen LogP contribution in [0.1, 0.15) is 29.3 Å². The average molecular weight is 218 g/mol. The molecule has 1 unspecified atom stereocenters. The van der Waals surface area contributed by atoms with Gasteiger partial charge >= 0.3 is 0 Å². The average Bonchev–Trinajstić information content (AvgIpc) is 2.33. The normalized spacial score (nSPS) is 17.1. The van der Waals surface area contributed by atoms with Gasteiger partial charge in [-0.05, 0) is 24.5 Å². The van der Waals surface area contributed by atoms with Crippen LogP contribution in [0, 0.1) is 0 Å². The summed E-state index contributed by atoms with van der Waals surface area (Å²) >= 11 is 0. The van der Waals surface area contributed by atoms with Crippen LogP contribution in [-0.2, 0) is 6.42 Å². The van der Waals surface area contributed by atoms with Crippen LogP contribution >= 0.6 is 0 Å². The monoisotopic (exact) mass is 218 g/mol. The van der Waals surface area contributed by atoms with Gasteiger partial charge < -0.3 is 10.6 Å². The molecule has 1 atom stereocenters. The lowest BCUT2D eigenvalue weighted by molar-refractivity contribution is 0.0728. The molecule has 3 nitrogen and oxygen atoms in total. The third-order valence-electron chi connectivity index (χ3n) is 3.17. The van der Waals surface area contributed by atoms with Crippen molar-refractivity contribution < 1.29 is 4.79 Å². The number of carbonyl (C=O) groups is 1. The Balaban J connectivity index is 2.15. The van der Waals surface area contributed by atoms with Gasteiger partial charge in [-0.2, -0.15) is 0 Å². The van der Waals surface area contributed by atoms with E-state index in [0.29, 0.717) is 6.54 Å². The molecular weight excluding hydrogens is 200 g/mol. The van der Waals surface area contributed by atoms with E-state index in [2.05, 4.69) is 0 Å². The number of fused-ring (bicyclic) bond motifs is 1. The smallest absolute Gasteiger partial charge is 0.254 e.